The molecule has 0 saturated heterocycles. The maximum Gasteiger partial charge on any atom is 0.287 e. The molecule has 4 aromatic rings. The van der Waals surface area contributed by atoms with Gasteiger partial charge in [-0.3, -0.25) is 9.78 Å². The molecule has 2 aromatic heterocycles. The number of hydrogen-bond donors (Lipinski definition) is 1. The zero-order valence-corrected chi connectivity index (χ0v) is 17.4. The highest BCUT2D eigenvalue weighted by Crippen LogP contribution is 2.26. The number of aryl methyl sites for hydroxylation is 1. The summed E-state index contributed by atoms with van der Waals surface area (Å²) in [6.45, 7) is 3.94. The minimum Gasteiger partial charge on any atom is -0.449 e. The maximum absolute atomic E-state index is 13.0. The fourth-order valence-corrected chi connectivity index (χ4v) is 4.76. The van der Waals surface area contributed by atoms with Gasteiger partial charge in [-0.1, -0.05) is 24.3 Å². The van der Waals surface area contributed by atoms with Crippen LogP contribution in [0.3, 0.4) is 0 Å². The van der Waals surface area contributed by atoms with Crippen LogP contribution in [-0.2, 0) is 16.4 Å². The van der Waals surface area contributed by atoms with Gasteiger partial charge in [0.1, 0.15) is 0 Å². The van der Waals surface area contributed by atoms with Crippen molar-refractivity contribution in [1.29, 1.82) is 0 Å². The first-order valence-corrected chi connectivity index (χ1v) is 10.9. The summed E-state index contributed by atoms with van der Waals surface area (Å²) in [4.78, 5) is 16.8. The molecule has 0 spiro atoms. The smallest absolute Gasteiger partial charge is 0.287 e. The Morgan fingerprint density at radius 1 is 1.07 bits per heavy atom. The molecule has 0 saturated carbocycles. The highest BCUT2D eigenvalue weighted by Gasteiger charge is 2.20. The second-order valence-electron chi connectivity index (χ2n) is 7.05. The molecule has 0 bridgehead atoms. The first kappa shape index (κ1) is 19.8. The van der Waals surface area contributed by atoms with Crippen molar-refractivity contribution >= 4 is 26.7 Å². The Labute approximate surface area is 174 Å². The van der Waals surface area contributed by atoms with E-state index in [-0.39, 0.29) is 23.1 Å². The molecular weight excluding hydrogens is 400 g/mol. The largest absolute Gasteiger partial charge is 0.449 e. The highest BCUT2D eigenvalue weighted by atomic mass is 32.2. The number of hydrogen-bond acceptors (Lipinski definition) is 5. The predicted molar refractivity (Wildman–Crippen MR) is 113 cm³/mol. The monoisotopic (exact) mass is 420 g/mol. The molecule has 0 aliphatic rings. The van der Waals surface area contributed by atoms with E-state index in [0.717, 1.165) is 22.1 Å². The average molecular weight is 420 g/mol. The Balaban J connectivity index is 1.48. The number of nitrogens with zero attached hydrogens (tertiary/aromatic N) is 1. The third-order valence-electron chi connectivity index (χ3n) is 5.08. The van der Waals surface area contributed by atoms with Crippen LogP contribution in [0.5, 0.6) is 0 Å². The second-order valence-corrected chi connectivity index (χ2v) is 8.97. The van der Waals surface area contributed by atoms with Gasteiger partial charge in [0.2, 0.25) is 9.84 Å². The average Bonchev–Trinajstić information content (AvgIpc) is 3.18. The number of pyridine rings is 1. The van der Waals surface area contributed by atoms with Crippen LogP contribution in [0.1, 0.15) is 27.2 Å². The van der Waals surface area contributed by atoms with E-state index in [1.165, 1.54) is 0 Å². The third kappa shape index (κ3) is 3.71. The van der Waals surface area contributed by atoms with E-state index in [1.54, 1.807) is 67.8 Å². The summed E-state index contributed by atoms with van der Waals surface area (Å²) in [7, 11) is -3.61. The number of nitrogens with one attached hydrogen (secondary N) is 1. The van der Waals surface area contributed by atoms with E-state index in [0.29, 0.717) is 10.5 Å². The minimum absolute atomic E-state index is 0.201. The maximum atomic E-state index is 13.0. The van der Waals surface area contributed by atoms with Gasteiger partial charge in [0.15, 0.2) is 11.3 Å². The van der Waals surface area contributed by atoms with Gasteiger partial charge in [-0.15, -0.1) is 0 Å². The number of sulfone groups is 1. The normalized spacial score (nSPS) is 11.5. The van der Waals surface area contributed by atoms with Crippen LogP contribution in [0.15, 0.2) is 81.2 Å². The number of fused-ring (bicyclic) bond motifs is 1. The van der Waals surface area contributed by atoms with E-state index in [2.05, 4.69) is 10.3 Å². The second kappa shape index (κ2) is 7.76. The van der Waals surface area contributed by atoms with Crippen molar-refractivity contribution < 1.29 is 17.6 Å². The first-order chi connectivity index (χ1) is 14.4. The predicted octanol–water partition coefficient (Wildman–Crippen LogP) is 4.21. The van der Waals surface area contributed by atoms with Crippen molar-refractivity contribution in [3.63, 3.8) is 0 Å². The van der Waals surface area contributed by atoms with E-state index in [4.69, 9.17) is 4.42 Å². The molecule has 6 nitrogen and oxygen atoms in total. The molecule has 0 radical (unpaired) electrons. The van der Waals surface area contributed by atoms with Crippen LogP contribution in [0.4, 0.5) is 0 Å². The quantitative estimate of drug-likeness (QED) is 0.522. The van der Waals surface area contributed by atoms with Crippen LogP contribution in [0, 0.1) is 13.8 Å². The molecule has 0 atom stereocenters. The third-order valence-corrected chi connectivity index (χ3v) is 6.99. The zero-order valence-electron chi connectivity index (χ0n) is 16.5. The van der Waals surface area contributed by atoms with Gasteiger partial charge in [0, 0.05) is 18.1 Å². The van der Waals surface area contributed by atoms with Crippen LogP contribution < -0.4 is 5.32 Å². The summed E-state index contributed by atoms with van der Waals surface area (Å²) in [5.41, 5.74) is 3.00. The standard InChI is InChI=1S/C23H20N2O4S/c1-15-4-3-5-22(16(15)2)30(27,28)19-8-6-17(7-9-19)13-25-23(26)20-12-18-10-11-24-14-21(18)29-20/h3-12,14H,13H2,1-2H3,(H,25,26). The molecule has 1 amide bonds. The molecule has 0 aliphatic heterocycles. The van der Waals surface area contributed by atoms with Crippen LogP contribution in [0.2, 0.25) is 0 Å². The lowest BCUT2D eigenvalue weighted by Gasteiger charge is -2.10. The van der Waals surface area contributed by atoms with Gasteiger partial charge in [0.25, 0.3) is 5.91 Å². The topological polar surface area (TPSA) is 89.3 Å². The van der Waals surface area contributed by atoms with E-state index >= 15 is 0 Å². The van der Waals surface area contributed by atoms with Gasteiger partial charge in [-0.2, -0.15) is 0 Å². The van der Waals surface area contributed by atoms with Crippen molar-refractivity contribution in [1.82, 2.24) is 10.3 Å². The number of rotatable bonds is 5. The van der Waals surface area contributed by atoms with Crippen LogP contribution in [-0.4, -0.2) is 19.3 Å². The lowest BCUT2D eigenvalue weighted by atomic mass is 10.1. The molecule has 0 fully saturated rings. The number of amides is 1. The first-order valence-electron chi connectivity index (χ1n) is 9.38. The number of benzene rings is 2. The van der Waals surface area contributed by atoms with Gasteiger partial charge in [0.05, 0.1) is 16.0 Å². The van der Waals surface area contributed by atoms with Gasteiger partial charge >= 0.3 is 0 Å². The number of carbonyl (C=O) groups excluding carboxylic acids is 1. The van der Waals surface area contributed by atoms with Crippen molar-refractivity contribution in [2.75, 3.05) is 0 Å². The fourth-order valence-electron chi connectivity index (χ4n) is 3.19. The Morgan fingerprint density at radius 3 is 2.57 bits per heavy atom. The van der Waals surface area contributed by atoms with Gasteiger partial charge < -0.3 is 9.73 Å². The zero-order chi connectivity index (χ0) is 21.3. The number of furan rings is 1. The molecule has 2 aromatic carbocycles. The van der Waals surface area contributed by atoms with Crippen LogP contribution >= 0.6 is 0 Å². The molecule has 2 heterocycles. The molecule has 1 N–H and O–H groups in total. The Hall–Kier alpha value is -3.45. The summed E-state index contributed by atoms with van der Waals surface area (Å²) in [5.74, 6) is -0.148. The number of carbonyl (C=O) groups is 1. The summed E-state index contributed by atoms with van der Waals surface area (Å²) in [5, 5.41) is 3.58. The summed E-state index contributed by atoms with van der Waals surface area (Å²) < 4.78 is 31.4. The van der Waals surface area contributed by atoms with Gasteiger partial charge in [-0.25, -0.2) is 8.42 Å². The molecule has 4 rings (SSSR count). The van der Waals surface area contributed by atoms with Crippen molar-refractivity contribution in [3.8, 4) is 0 Å². The molecule has 7 heteroatoms. The van der Waals surface area contributed by atoms with Gasteiger partial charge in [-0.05, 0) is 60.9 Å². The summed E-state index contributed by atoms with van der Waals surface area (Å²) in [6.07, 6.45) is 3.19. The SMILES string of the molecule is Cc1cccc(S(=O)(=O)c2ccc(CNC(=O)c3cc4ccncc4o3)cc2)c1C. The summed E-state index contributed by atoms with van der Waals surface area (Å²) >= 11 is 0. The number of aromatic nitrogens is 1. The Morgan fingerprint density at radius 2 is 1.83 bits per heavy atom. The molecule has 30 heavy (non-hydrogen) atoms. The lowest BCUT2D eigenvalue weighted by Crippen LogP contribution is -2.22. The van der Waals surface area contributed by atoms with E-state index < -0.39 is 9.84 Å². The van der Waals surface area contributed by atoms with E-state index in [1.807, 2.05) is 13.0 Å². The molecule has 0 unspecified atom stereocenters. The van der Waals surface area contributed by atoms with Crippen molar-refractivity contribution in [3.05, 3.63) is 89.4 Å². The van der Waals surface area contributed by atoms with Crippen LogP contribution in [0.25, 0.3) is 11.0 Å². The van der Waals surface area contributed by atoms with Crippen molar-refractivity contribution in [2.24, 2.45) is 0 Å². The fraction of sp³-hybridized carbons (Fsp3) is 0.130. The van der Waals surface area contributed by atoms with E-state index in [9.17, 15) is 13.2 Å². The Kier molecular flexibility index (Phi) is 5.13. The summed E-state index contributed by atoms with van der Waals surface area (Å²) in [6, 6.07) is 15.2. The highest BCUT2D eigenvalue weighted by molar-refractivity contribution is 7.91. The van der Waals surface area contributed by atoms with Crippen molar-refractivity contribution in [2.45, 2.75) is 30.2 Å². The Bertz CT molecular complexity index is 1310. The molecular formula is C23H20N2O4S. The lowest BCUT2D eigenvalue weighted by molar-refractivity contribution is 0.0925. The molecule has 152 valence electrons. The molecule has 0 aliphatic carbocycles. The minimum atomic E-state index is -3.61.